The molecular weight excluding hydrogens is 334 g/mol. The van der Waals surface area contributed by atoms with Crippen molar-refractivity contribution in [2.45, 2.75) is 26.3 Å². The number of hydrogen-bond acceptors (Lipinski definition) is 6. The van der Waals surface area contributed by atoms with Gasteiger partial charge < -0.3 is 14.2 Å². The normalized spacial score (nSPS) is 10.9. The van der Waals surface area contributed by atoms with Crippen LogP contribution in [-0.2, 0) is 17.8 Å². The molecule has 0 atom stereocenters. The Labute approximate surface area is 142 Å². The van der Waals surface area contributed by atoms with Gasteiger partial charge in [-0.1, -0.05) is 11.6 Å². The molecule has 0 aliphatic carbocycles. The molecule has 0 aliphatic heterocycles. The summed E-state index contributed by atoms with van der Waals surface area (Å²) in [6.07, 6.45) is 5.47. The number of amides is 1. The quantitative estimate of drug-likeness (QED) is 0.702. The van der Waals surface area contributed by atoms with Gasteiger partial charge in [-0.3, -0.25) is 9.48 Å². The zero-order chi connectivity index (χ0) is 16.9. The minimum Gasteiger partial charge on any atom is -0.469 e. The number of aromatic nitrogens is 4. The number of furan rings is 1. The molecule has 0 fully saturated rings. The maximum Gasteiger partial charge on any atom is 0.251 e. The fraction of sp³-hybridized carbons (Fsp3) is 0.333. The summed E-state index contributed by atoms with van der Waals surface area (Å²) < 4.78 is 12.4. The average molecular weight is 350 g/mol. The first-order valence-corrected chi connectivity index (χ1v) is 7.81. The summed E-state index contributed by atoms with van der Waals surface area (Å²) in [5, 5.41) is 15.3. The van der Waals surface area contributed by atoms with Gasteiger partial charge in [0.1, 0.15) is 5.76 Å². The summed E-state index contributed by atoms with van der Waals surface area (Å²) in [5.41, 5.74) is 0.760. The van der Waals surface area contributed by atoms with E-state index < -0.39 is 0 Å². The second-order valence-corrected chi connectivity index (χ2v) is 5.60. The van der Waals surface area contributed by atoms with Crippen molar-refractivity contribution in [1.82, 2.24) is 25.3 Å². The van der Waals surface area contributed by atoms with Gasteiger partial charge in [0.05, 0.1) is 29.6 Å². The molecule has 0 aromatic carbocycles. The highest BCUT2D eigenvalue weighted by atomic mass is 35.5. The molecule has 1 amide bonds. The Morgan fingerprint density at radius 3 is 3.00 bits per heavy atom. The van der Waals surface area contributed by atoms with Crippen molar-refractivity contribution >= 4 is 17.5 Å². The first-order valence-electron chi connectivity index (χ1n) is 7.43. The minimum absolute atomic E-state index is 0.0903. The van der Waals surface area contributed by atoms with Crippen molar-refractivity contribution in [3.05, 3.63) is 41.4 Å². The van der Waals surface area contributed by atoms with Gasteiger partial charge in [-0.15, -0.1) is 10.2 Å². The maximum absolute atomic E-state index is 11.8. The van der Waals surface area contributed by atoms with Crippen LogP contribution < -0.4 is 5.32 Å². The highest BCUT2D eigenvalue weighted by Crippen LogP contribution is 2.22. The molecule has 3 heterocycles. The lowest BCUT2D eigenvalue weighted by molar-refractivity contribution is -0.121. The van der Waals surface area contributed by atoms with Crippen LogP contribution in [0.2, 0.25) is 5.02 Å². The Morgan fingerprint density at radius 2 is 2.29 bits per heavy atom. The van der Waals surface area contributed by atoms with Crippen molar-refractivity contribution in [3.63, 3.8) is 0 Å². The highest BCUT2D eigenvalue weighted by Gasteiger charge is 2.13. The zero-order valence-corrected chi connectivity index (χ0v) is 13.8. The zero-order valence-electron chi connectivity index (χ0n) is 13.0. The van der Waals surface area contributed by atoms with E-state index in [4.69, 9.17) is 20.4 Å². The van der Waals surface area contributed by atoms with Gasteiger partial charge in [0.2, 0.25) is 11.8 Å². The standard InChI is InChI=1S/C15H16ClN5O3/c1-10-12(4-7-23-10)15-20-19-14(24-15)3-2-13(22)17-5-6-21-9-11(16)8-18-21/h4,7-9H,2-3,5-6H2,1H3,(H,17,22). The van der Waals surface area contributed by atoms with Crippen LogP contribution >= 0.6 is 11.6 Å². The highest BCUT2D eigenvalue weighted by molar-refractivity contribution is 6.30. The number of carbonyl (C=O) groups excluding carboxylic acids is 1. The summed E-state index contributed by atoms with van der Waals surface area (Å²) in [5.74, 6) is 1.43. The fourth-order valence-electron chi connectivity index (χ4n) is 2.15. The third-order valence-corrected chi connectivity index (χ3v) is 3.58. The monoisotopic (exact) mass is 349 g/mol. The van der Waals surface area contributed by atoms with Crippen LogP contribution in [0.25, 0.3) is 11.5 Å². The Bertz CT molecular complexity index is 823. The molecule has 0 saturated heterocycles. The van der Waals surface area contributed by atoms with Gasteiger partial charge in [-0.25, -0.2) is 0 Å². The van der Waals surface area contributed by atoms with E-state index in [1.807, 2.05) is 6.92 Å². The molecule has 9 heteroatoms. The number of halogens is 1. The lowest BCUT2D eigenvalue weighted by Gasteiger charge is -2.04. The van der Waals surface area contributed by atoms with E-state index in [0.717, 1.165) is 5.56 Å². The van der Waals surface area contributed by atoms with Crippen LogP contribution in [-0.4, -0.2) is 32.4 Å². The van der Waals surface area contributed by atoms with Gasteiger partial charge in [-0.2, -0.15) is 5.10 Å². The van der Waals surface area contributed by atoms with E-state index in [2.05, 4.69) is 20.6 Å². The first kappa shape index (κ1) is 16.3. The van der Waals surface area contributed by atoms with Crippen LogP contribution in [0.3, 0.4) is 0 Å². The van der Waals surface area contributed by atoms with Crippen LogP contribution in [0, 0.1) is 6.92 Å². The number of carbonyl (C=O) groups is 1. The maximum atomic E-state index is 11.8. The smallest absolute Gasteiger partial charge is 0.251 e. The fourth-order valence-corrected chi connectivity index (χ4v) is 2.31. The van der Waals surface area contributed by atoms with Crippen LogP contribution in [0.4, 0.5) is 0 Å². The van der Waals surface area contributed by atoms with Crippen LogP contribution in [0.5, 0.6) is 0 Å². The molecule has 24 heavy (non-hydrogen) atoms. The SMILES string of the molecule is Cc1occc1-c1nnc(CCC(=O)NCCn2cc(Cl)cn2)o1. The predicted octanol–water partition coefficient (Wildman–Crippen LogP) is 2.24. The average Bonchev–Trinajstić information content (AvgIpc) is 3.27. The van der Waals surface area contributed by atoms with Gasteiger partial charge in [0.25, 0.3) is 5.89 Å². The van der Waals surface area contributed by atoms with Gasteiger partial charge >= 0.3 is 0 Å². The van der Waals surface area contributed by atoms with Gasteiger partial charge in [-0.05, 0) is 13.0 Å². The van der Waals surface area contributed by atoms with E-state index in [-0.39, 0.29) is 12.3 Å². The molecule has 0 aliphatic rings. The van der Waals surface area contributed by atoms with Gasteiger partial charge in [0.15, 0.2) is 0 Å². The lowest BCUT2D eigenvalue weighted by Crippen LogP contribution is -2.27. The molecule has 0 radical (unpaired) electrons. The molecule has 8 nitrogen and oxygen atoms in total. The lowest BCUT2D eigenvalue weighted by atomic mass is 10.2. The molecule has 0 saturated carbocycles. The summed E-state index contributed by atoms with van der Waals surface area (Å²) in [4.78, 5) is 11.8. The second kappa shape index (κ2) is 7.31. The van der Waals surface area contributed by atoms with Crippen molar-refractivity contribution in [3.8, 4) is 11.5 Å². The van der Waals surface area contributed by atoms with E-state index in [9.17, 15) is 4.79 Å². The van der Waals surface area contributed by atoms with E-state index in [1.165, 1.54) is 0 Å². The largest absolute Gasteiger partial charge is 0.469 e. The number of nitrogens with zero attached hydrogens (tertiary/aromatic N) is 4. The molecule has 0 spiro atoms. The van der Waals surface area contributed by atoms with Crippen molar-refractivity contribution in [1.29, 1.82) is 0 Å². The molecule has 0 bridgehead atoms. The topological polar surface area (TPSA) is 99.0 Å². The predicted molar refractivity (Wildman–Crippen MR) is 85.3 cm³/mol. The molecular formula is C15H16ClN5O3. The number of nitrogens with one attached hydrogen (secondary N) is 1. The molecule has 3 aromatic rings. The summed E-state index contributed by atoms with van der Waals surface area (Å²) in [7, 11) is 0. The van der Waals surface area contributed by atoms with E-state index in [0.29, 0.717) is 42.1 Å². The van der Waals surface area contributed by atoms with E-state index in [1.54, 1.807) is 29.4 Å². The van der Waals surface area contributed by atoms with E-state index >= 15 is 0 Å². The van der Waals surface area contributed by atoms with Gasteiger partial charge in [0, 0.05) is 25.6 Å². The number of aryl methyl sites for hydroxylation is 2. The molecule has 3 aromatic heterocycles. The Morgan fingerprint density at radius 1 is 1.42 bits per heavy atom. The molecule has 0 unspecified atom stereocenters. The number of rotatable bonds is 7. The Balaban J connectivity index is 1.43. The molecule has 3 rings (SSSR count). The summed E-state index contributed by atoms with van der Waals surface area (Å²) in [6.45, 7) is 2.85. The molecule has 126 valence electrons. The summed E-state index contributed by atoms with van der Waals surface area (Å²) >= 11 is 5.77. The van der Waals surface area contributed by atoms with Crippen LogP contribution in [0.1, 0.15) is 18.1 Å². The van der Waals surface area contributed by atoms with Crippen molar-refractivity contribution in [2.75, 3.05) is 6.54 Å². The Kier molecular flexibility index (Phi) is 4.95. The third-order valence-electron chi connectivity index (χ3n) is 3.39. The number of hydrogen-bond donors (Lipinski definition) is 1. The third kappa shape index (κ3) is 4.02. The Hall–Kier alpha value is -2.61. The molecule has 1 N–H and O–H groups in total. The minimum atomic E-state index is -0.0903. The van der Waals surface area contributed by atoms with Crippen LogP contribution in [0.15, 0.2) is 33.6 Å². The van der Waals surface area contributed by atoms with Crippen molar-refractivity contribution in [2.24, 2.45) is 0 Å². The summed E-state index contributed by atoms with van der Waals surface area (Å²) in [6, 6.07) is 1.76. The first-order chi connectivity index (χ1) is 11.6. The second-order valence-electron chi connectivity index (χ2n) is 5.16. The van der Waals surface area contributed by atoms with Crippen molar-refractivity contribution < 1.29 is 13.6 Å².